The summed E-state index contributed by atoms with van der Waals surface area (Å²) in [6.07, 6.45) is 0. The number of halogens is 1. The van der Waals surface area contributed by atoms with Crippen LogP contribution in [-0.4, -0.2) is 5.11 Å². The molecule has 0 radical (unpaired) electrons. The monoisotopic (exact) mass is 260 g/mol. The van der Waals surface area contributed by atoms with Crippen molar-refractivity contribution in [2.75, 3.05) is 0 Å². The lowest BCUT2D eigenvalue weighted by Crippen LogP contribution is -1.93. The third-order valence-electron chi connectivity index (χ3n) is 2.97. The van der Waals surface area contributed by atoms with Crippen LogP contribution >= 0.6 is 0 Å². The van der Waals surface area contributed by atoms with Crippen LogP contribution in [0.1, 0.15) is 30.9 Å². The molecule has 2 aromatic carbocycles. The highest BCUT2D eigenvalue weighted by molar-refractivity contribution is 5.38. The molecule has 0 heterocycles. The molecule has 2 aromatic rings. The summed E-state index contributed by atoms with van der Waals surface area (Å²) in [5, 5.41) is 9.19. The van der Waals surface area contributed by atoms with Crippen molar-refractivity contribution >= 4 is 0 Å². The van der Waals surface area contributed by atoms with Crippen molar-refractivity contribution in [3.8, 4) is 11.5 Å². The minimum atomic E-state index is -0.383. The van der Waals surface area contributed by atoms with Gasteiger partial charge in [0, 0.05) is 5.56 Å². The topological polar surface area (TPSA) is 29.5 Å². The lowest BCUT2D eigenvalue weighted by Gasteiger charge is -2.11. The molecule has 0 amide bonds. The van der Waals surface area contributed by atoms with Gasteiger partial charge in [-0.2, -0.15) is 0 Å². The van der Waals surface area contributed by atoms with Crippen LogP contribution in [0.15, 0.2) is 42.5 Å². The van der Waals surface area contributed by atoms with E-state index in [1.54, 1.807) is 0 Å². The fraction of sp³-hybridized carbons (Fsp3) is 0.250. The van der Waals surface area contributed by atoms with Crippen molar-refractivity contribution < 1.29 is 14.2 Å². The zero-order valence-electron chi connectivity index (χ0n) is 11.1. The van der Waals surface area contributed by atoms with Crippen LogP contribution in [0.4, 0.5) is 4.39 Å². The predicted octanol–water partition coefficient (Wildman–Crippen LogP) is 4.23. The molecule has 0 aliphatic heterocycles. The summed E-state index contributed by atoms with van der Waals surface area (Å²) in [6.45, 7) is 4.00. The van der Waals surface area contributed by atoms with Crippen molar-refractivity contribution in [1.82, 2.24) is 0 Å². The zero-order valence-corrected chi connectivity index (χ0v) is 11.1. The molecule has 0 saturated heterocycles. The summed E-state index contributed by atoms with van der Waals surface area (Å²) >= 11 is 0. The SMILES string of the molecule is CC(C)c1ccc(Oc2ccc(F)cc2CO)cc1. The summed E-state index contributed by atoms with van der Waals surface area (Å²) in [7, 11) is 0. The molecule has 0 aromatic heterocycles. The number of hydrogen-bond donors (Lipinski definition) is 1. The zero-order chi connectivity index (χ0) is 13.8. The normalized spacial score (nSPS) is 10.8. The molecule has 19 heavy (non-hydrogen) atoms. The summed E-state index contributed by atoms with van der Waals surface area (Å²) < 4.78 is 18.7. The van der Waals surface area contributed by atoms with E-state index < -0.39 is 0 Å². The van der Waals surface area contributed by atoms with Gasteiger partial charge in [0.05, 0.1) is 6.61 Å². The maximum absolute atomic E-state index is 13.0. The van der Waals surface area contributed by atoms with Gasteiger partial charge in [-0.05, 0) is 41.8 Å². The van der Waals surface area contributed by atoms with E-state index in [4.69, 9.17) is 4.74 Å². The highest BCUT2D eigenvalue weighted by atomic mass is 19.1. The second-order valence-electron chi connectivity index (χ2n) is 4.74. The molecule has 0 aliphatic rings. The molecular weight excluding hydrogens is 243 g/mol. The number of benzene rings is 2. The molecule has 0 spiro atoms. The molecule has 0 atom stereocenters. The Hall–Kier alpha value is -1.87. The van der Waals surface area contributed by atoms with E-state index in [2.05, 4.69) is 13.8 Å². The van der Waals surface area contributed by atoms with Crippen molar-refractivity contribution in [2.45, 2.75) is 26.4 Å². The Balaban J connectivity index is 2.21. The Labute approximate surface area is 112 Å². The van der Waals surface area contributed by atoms with E-state index in [-0.39, 0.29) is 12.4 Å². The molecular formula is C16H17FO2. The molecule has 2 nitrogen and oxygen atoms in total. The van der Waals surface area contributed by atoms with Gasteiger partial charge in [-0.15, -0.1) is 0 Å². The number of ether oxygens (including phenoxy) is 1. The minimum Gasteiger partial charge on any atom is -0.457 e. The first-order valence-electron chi connectivity index (χ1n) is 6.27. The van der Waals surface area contributed by atoms with E-state index in [0.717, 1.165) is 0 Å². The molecule has 100 valence electrons. The Bertz CT molecular complexity index is 547. The molecule has 1 N–H and O–H groups in total. The smallest absolute Gasteiger partial charge is 0.133 e. The van der Waals surface area contributed by atoms with Crippen LogP contribution < -0.4 is 4.74 Å². The first-order valence-corrected chi connectivity index (χ1v) is 6.27. The maximum atomic E-state index is 13.0. The van der Waals surface area contributed by atoms with Crippen molar-refractivity contribution in [3.63, 3.8) is 0 Å². The van der Waals surface area contributed by atoms with Crippen LogP contribution in [0, 0.1) is 5.82 Å². The number of rotatable bonds is 4. The predicted molar refractivity (Wildman–Crippen MR) is 72.9 cm³/mol. The van der Waals surface area contributed by atoms with Crippen LogP contribution in [0.3, 0.4) is 0 Å². The van der Waals surface area contributed by atoms with E-state index in [1.807, 2.05) is 24.3 Å². The highest BCUT2D eigenvalue weighted by Gasteiger charge is 2.06. The quantitative estimate of drug-likeness (QED) is 0.891. The third kappa shape index (κ3) is 3.32. The van der Waals surface area contributed by atoms with Crippen LogP contribution in [0.5, 0.6) is 11.5 Å². The molecule has 0 saturated carbocycles. The van der Waals surface area contributed by atoms with Gasteiger partial charge in [-0.25, -0.2) is 4.39 Å². The fourth-order valence-corrected chi connectivity index (χ4v) is 1.82. The average Bonchev–Trinajstić information content (AvgIpc) is 2.41. The summed E-state index contributed by atoms with van der Waals surface area (Å²) in [5.74, 6) is 1.23. The van der Waals surface area contributed by atoms with Gasteiger partial charge in [-0.1, -0.05) is 26.0 Å². The van der Waals surface area contributed by atoms with Gasteiger partial charge in [0.15, 0.2) is 0 Å². The van der Waals surface area contributed by atoms with Gasteiger partial charge < -0.3 is 9.84 Å². The summed E-state index contributed by atoms with van der Waals surface area (Å²) in [6, 6.07) is 11.9. The van der Waals surface area contributed by atoms with E-state index in [0.29, 0.717) is 23.0 Å². The van der Waals surface area contributed by atoms with Crippen LogP contribution in [0.25, 0.3) is 0 Å². The van der Waals surface area contributed by atoms with Crippen LogP contribution in [-0.2, 0) is 6.61 Å². The Morgan fingerprint density at radius 2 is 1.79 bits per heavy atom. The van der Waals surface area contributed by atoms with Gasteiger partial charge in [0.25, 0.3) is 0 Å². The lowest BCUT2D eigenvalue weighted by atomic mass is 10.0. The molecule has 2 rings (SSSR count). The fourth-order valence-electron chi connectivity index (χ4n) is 1.82. The minimum absolute atomic E-state index is 0.253. The van der Waals surface area contributed by atoms with Gasteiger partial charge in [0.1, 0.15) is 17.3 Å². The van der Waals surface area contributed by atoms with Gasteiger partial charge in [-0.3, -0.25) is 0 Å². The Kier molecular flexibility index (Phi) is 4.17. The van der Waals surface area contributed by atoms with Gasteiger partial charge in [0.2, 0.25) is 0 Å². The molecule has 0 aliphatic carbocycles. The highest BCUT2D eigenvalue weighted by Crippen LogP contribution is 2.27. The summed E-state index contributed by atoms with van der Waals surface area (Å²) in [5.41, 5.74) is 1.67. The molecule has 0 unspecified atom stereocenters. The van der Waals surface area contributed by atoms with Crippen molar-refractivity contribution in [1.29, 1.82) is 0 Å². The largest absolute Gasteiger partial charge is 0.457 e. The Morgan fingerprint density at radius 1 is 1.11 bits per heavy atom. The van der Waals surface area contributed by atoms with Gasteiger partial charge >= 0.3 is 0 Å². The molecule has 0 bridgehead atoms. The third-order valence-corrected chi connectivity index (χ3v) is 2.97. The maximum Gasteiger partial charge on any atom is 0.133 e. The molecule has 3 heteroatoms. The van der Waals surface area contributed by atoms with E-state index in [1.165, 1.54) is 23.8 Å². The van der Waals surface area contributed by atoms with Crippen molar-refractivity contribution in [3.05, 3.63) is 59.4 Å². The van der Waals surface area contributed by atoms with Crippen LogP contribution in [0.2, 0.25) is 0 Å². The average molecular weight is 260 g/mol. The molecule has 0 fully saturated rings. The second-order valence-corrected chi connectivity index (χ2v) is 4.74. The van der Waals surface area contributed by atoms with Crippen molar-refractivity contribution in [2.24, 2.45) is 0 Å². The number of aliphatic hydroxyl groups excluding tert-OH is 1. The Morgan fingerprint density at radius 3 is 2.37 bits per heavy atom. The lowest BCUT2D eigenvalue weighted by molar-refractivity contribution is 0.276. The number of aliphatic hydroxyl groups is 1. The first-order chi connectivity index (χ1) is 9.10. The summed E-state index contributed by atoms with van der Waals surface area (Å²) in [4.78, 5) is 0. The standard InChI is InChI=1S/C16H17FO2/c1-11(2)12-3-6-15(7-4-12)19-16-8-5-14(17)9-13(16)10-18/h3-9,11,18H,10H2,1-2H3. The second kappa shape index (κ2) is 5.85. The number of hydrogen-bond acceptors (Lipinski definition) is 2. The first kappa shape index (κ1) is 13.6. The van der Waals surface area contributed by atoms with E-state index in [9.17, 15) is 9.50 Å². The van der Waals surface area contributed by atoms with E-state index >= 15 is 0 Å².